The Morgan fingerprint density at radius 2 is 1.90 bits per heavy atom. The number of anilines is 1. The molecule has 0 aliphatic carbocycles. The van der Waals surface area contributed by atoms with Crippen molar-refractivity contribution in [3.63, 3.8) is 0 Å². The number of nitrogens with one attached hydrogen (secondary N) is 1. The molecule has 1 aromatic rings. The third kappa shape index (κ3) is 3.79. The Morgan fingerprint density at radius 3 is 2.33 bits per heavy atom. The van der Waals surface area contributed by atoms with Crippen LogP contribution in [-0.2, 0) is 4.79 Å². The molecule has 110 valence electrons. The van der Waals surface area contributed by atoms with Crippen LogP contribution in [0.2, 0.25) is 0 Å². The number of amides is 1. The van der Waals surface area contributed by atoms with Crippen molar-refractivity contribution in [3.05, 3.63) is 29.6 Å². The van der Waals surface area contributed by atoms with Gasteiger partial charge >= 0.3 is 0 Å². The zero-order valence-electron chi connectivity index (χ0n) is 12.2. The Hall–Kier alpha value is -2.40. The molecular weight excluding hydrogens is 269 g/mol. The van der Waals surface area contributed by atoms with Gasteiger partial charge in [0.05, 0.1) is 23.4 Å². The average molecular weight is 287 g/mol. The summed E-state index contributed by atoms with van der Waals surface area (Å²) >= 11 is 0. The third-order valence-electron chi connectivity index (χ3n) is 3.35. The largest absolute Gasteiger partial charge is 0.322 e. The van der Waals surface area contributed by atoms with Crippen LogP contribution in [0.5, 0.6) is 0 Å². The lowest BCUT2D eigenvalue weighted by molar-refractivity contribution is -0.123. The number of carbonyl (C=O) groups excluding carboxylic acids is 1. The first-order chi connectivity index (χ1) is 10.0. The molecule has 0 atom stereocenters. The molecule has 21 heavy (non-hydrogen) atoms. The van der Waals surface area contributed by atoms with Crippen molar-refractivity contribution < 1.29 is 9.18 Å². The van der Waals surface area contributed by atoms with Crippen LogP contribution in [0.4, 0.5) is 10.1 Å². The van der Waals surface area contributed by atoms with Crippen molar-refractivity contribution in [3.8, 4) is 12.1 Å². The maximum absolute atomic E-state index is 13.8. The number of hydrogen-bond acceptors (Lipinski definition) is 3. The highest BCUT2D eigenvalue weighted by molar-refractivity contribution is 5.97. The number of benzene rings is 1. The second-order valence-corrected chi connectivity index (χ2v) is 4.95. The first-order valence-corrected chi connectivity index (χ1v) is 6.95. The minimum absolute atomic E-state index is 0.00849. The van der Waals surface area contributed by atoms with Crippen LogP contribution in [0, 0.1) is 33.9 Å². The maximum atomic E-state index is 13.8. The Morgan fingerprint density at radius 1 is 1.29 bits per heavy atom. The Bertz CT molecular complexity index is 593. The quantitative estimate of drug-likeness (QED) is 0.865. The molecule has 0 aliphatic rings. The van der Waals surface area contributed by atoms with Crippen molar-refractivity contribution in [1.29, 1.82) is 10.5 Å². The number of nitriles is 2. The van der Waals surface area contributed by atoms with E-state index in [1.165, 1.54) is 12.1 Å². The molecule has 5 heteroatoms. The number of rotatable bonds is 6. The van der Waals surface area contributed by atoms with E-state index >= 15 is 0 Å². The summed E-state index contributed by atoms with van der Waals surface area (Å²) in [6, 6.07) is 7.74. The third-order valence-corrected chi connectivity index (χ3v) is 3.35. The number of nitrogens with zero attached hydrogens (tertiary/aromatic N) is 2. The predicted molar refractivity (Wildman–Crippen MR) is 77.6 cm³/mol. The van der Waals surface area contributed by atoms with Crippen LogP contribution in [0.15, 0.2) is 18.2 Å². The summed E-state index contributed by atoms with van der Waals surface area (Å²) in [5.74, 6) is -1.17. The molecule has 0 radical (unpaired) electrons. The lowest BCUT2D eigenvalue weighted by Gasteiger charge is -2.24. The van der Waals surface area contributed by atoms with Gasteiger partial charge in [0.1, 0.15) is 11.2 Å². The molecule has 0 saturated heterocycles. The lowest BCUT2D eigenvalue weighted by atomic mass is 9.79. The highest BCUT2D eigenvalue weighted by Gasteiger charge is 2.37. The smallest absolute Gasteiger partial charge is 0.244 e. The van der Waals surface area contributed by atoms with E-state index < -0.39 is 17.1 Å². The van der Waals surface area contributed by atoms with Gasteiger partial charge < -0.3 is 5.32 Å². The molecule has 4 nitrogen and oxygen atoms in total. The van der Waals surface area contributed by atoms with Gasteiger partial charge in [0, 0.05) is 0 Å². The van der Waals surface area contributed by atoms with E-state index in [0.29, 0.717) is 25.7 Å². The highest BCUT2D eigenvalue weighted by Crippen LogP contribution is 2.31. The summed E-state index contributed by atoms with van der Waals surface area (Å²) in [7, 11) is 0. The Kier molecular flexibility index (Phi) is 5.87. The SMILES string of the molecule is CCCC(C#N)(CCC)C(=O)Nc1ccc(C#N)cc1F. The van der Waals surface area contributed by atoms with Crippen LogP contribution in [0.25, 0.3) is 0 Å². The van der Waals surface area contributed by atoms with Gasteiger partial charge in [-0.25, -0.2) is 4.39 Å². The summed E-state index contributed by atoms with van der Waals surface area (Å²) in [6.07, 6.45) is 2.25. The van der Waals surface area contributed by atoms with E-state index in [4.69, 9.17) is 5.26 Å². The summed E-state index contributed by atoms with van der Waals surface area (Å²) in [5.41, 5.74) is -0.964. The molecule has 0 unspecified atom stereocenters. The van der Waals surface area contributed by atoms with Gasteiger partial charge in [-0.2, -0.15) is 10.5 Å². The lowest BCUT2D eigenvalue weighted by Crippen LogP contribution is -2.35. The van der Waals surface area contributed by atoms with E-state index in [1.54, 1.807) is 0 Å². The molecule has 1 amide bonds. The summed E-state index contributed by atoms with van der Waals surface area (Å²) in [6.45, 7) is 3.80. The first kappa shape index (κ1) is 16.7. The highest BCUT2D eigenvalue weighted by atomic mass is 19.1. The van der Waals surface area contributed by atoms with Gasteiger partial charge in [-0.05, 0) is 31.0 Å². The summed E-state index contributed by atoms with van der Waals surface area (Å²) < 4.78 is 13.8. The second-order valence-electron chi connectivity index (χ2n) is 4.95. The Balaban J connectivity index is 3.02. The number of halogens is 1. The van der Waals surface area contributed by atoms with E-state index in [1.807, 2.05) is 19.9 Å². The molecule has 1 rings (SSSR count). The molecule has 0 aromatic heterocycles. The molecule has 1 N–H and O–H groups in total. The van der Waals surface area contributed by atoms with Crippen LogP contribution < -0.4 is 5.32 Å². The van der Waals surface area contributed by atoms with Gasteiger partial charge in [-0.3, -0.25) is 4.79 Å². The van der Waals surface area contributed by atoms with Gasteiger partial charge in [0.2, 0.25) is 5.91 Å². The van der Waals surface area contributed by atoms with Crippen LogP contribution in [0.3, 0.4) is 0 Å². The predicted octanol–water partition coefficient (Wildman–Crippen LogP) is 3.75. The van der Waals surface area contributed by atoms with Crippen molar-refractivity contribution in [2.24, 2.45) is 5.41 Å². The Labute approximate surface area is 124 Å². The van der Waals surface area contributed by atoms with Gasteiger partial charge in [-0.1, -0.05) is 26.7 Å². The summed E-state index contributed by atoms with van der Waals surface area (Å²) in [5, 5.41) is 20.6. The van der Waals surface area contributed by atoms with Crippen molar-refractivity contribution >= 4 is 11.6 Å². The van der Waals surface area contributed by atoms with Crippen LogP contribution >= 0.6 is 0 Å². The number of hydrogen-bond donors (Lipinski definition) is 1. The average Bonchev–Trinajstić information content (AvgIpc) is 2.48. The fourth-order valence-corrected chi connectivity index (χ4v) is 2.30. The topological polar surface area (TPSA) is 76.7 Å². The van der Waals surface area contributed by atoms with E-state index in [2.05, 4.69) is 11.4 Å². The molecule has 0 heterocycles. The standard InChI is InChI=1S/C16H18FN3O/c1-3-7-16(11-19,8-4-2)15(21)20-14-6-5-12(10-18)9-13(14)17/h5-6,9H,3-4,7-8H2,1-2H3,(H,20,21). The normalized spacial score (nSPS) is 10.5. The summed E-state index contributed by atoms with van der Waals surface area (Å²) in [4.78, 5) is 12.4. The molecule has 0 aliphatic heterocycles. The fourth-order valence-electron chi connectivity index (χ4n) is 2.30. The van der Waals surface area contributed by atoms with E-state index in [0.717, 1.165) is 6.07 Å². The maximum Gasteiger partial charge on any atom is 0.244 e. The zero-order valence-corrected chi connectivity index (χ0v) is 12.2. The molecule has 0 bridgehead atoms. The second kappa shape index (κ2) is 7.40. The minimum Gasteiger partial charge on any atom is -0.322 e. The fraction of sp³-hybridized carbons (Fsp3) is 0.438. The van der Waals surface area contributed by atoms with Crippen molar-refractivity contribution in [2.45, 2.75) is 39.5 Å². The van der Waals surface area contributed by atoms with E-state index in [9.17, 15) is 14.4 Å². The van der Waals surface area contributed by atoms with Gasteiger partial charge in [0.25, 0.3) is 0 Å². The van der Waals surface area contributed by atoms with Gasteiger partial charge in [0.15, 0.2) is 0 Å². The number of carbonyl (C=O) groups is 1. The zero-order chi connectivity index (χ0) is 15.9. The van der Waals surface area contributed by atoms with Gasteiger partial charge in [-0.15, -0.1) is 0 Å². The molecule has 0 saturated carbocycles. The monoisotopic (exact) mass is 287 g/mol. The van der Waals surface area contributed by atoms with E-state index in [-0.39, 0.29) is 11.3 Å². The molecular formula is C16H18FN3O. The molecule has 1 aromatic carbocycles. The van der Waals surface area contributed by atoms with Crippen molar-refractivity contribution in [1.82, 2.24) is 0 Å². The first-order valence-electron chi connectivity index (χ1n) is 6.95. The molecule has 0 spiro atoms. The van der Waals surface area contributed by atoms with Crippen molar-refractivity contribution in [2.75, 3.05) is 5.32 Å². The minimum atomic E-state index is -1.14. The van der Waals surface area contributed by atoms with Crippen LogP contribution in [-0.4, -0.2) is 5.91 Å². The molecule has 0 fully saturated rings. The van der Waals surface area contributed by atoms with Crippen LogP contribution in [0.1, 0.15) is 45.1 Å².